The average molecular weight is 384 g/mol. The zero-order chi connectivity index (χ0) is 21.1. The van der Waals surface area contributed by atoms with E-state index in [4.69, 9.17) is 0 Å². The molecule has 3 rings (SSSR count). The molecule has 1 aromatic heterocycles. The van der Waals surface area contributed by atoms with Crippen LogP contribution in [-0.4, -0.2) is 10.8 Å². The molecule has 1 heterocycles. The monoisotopic (exact) mass is 384 g/mol. The van der Waals surface area contributed by atoms with Crippen LogP contribution in [0.1, 0.15) is 76.5 Å². The number of aromatic amines is 1. The molecule has 1 aliphatic rings. The SMILES string of the molecule is CC(C)c1c(C(=O)c2cc(C#N)cc(C#N)c2)c(CC2CC2)c(CC#N)[nH]c1=O. The van der Waals surface area contributed by atoms with Gasteiger partial charge in [-0.2, -0.15) is 15.8 Å². The van der Waals surface area contributed by atoms with E-state index in [0.29, 0.717) is 34.7 Å². The Bertz CT molecular complexity index is 1130. The Labute approximate surface area is 169 Å². The summed E-state index contributed by atoms with van der Waals surface area (Å²) < 4.78 is 0. The van der Waals surface area contributed by atoms with Crippen molar-refractivity contribution in [3.05, 3.63) is 67.6 Å². The summed E-state index contributed by atoms with van der Waals surface area (Å²) in [4.78, 5) is 29.2. The van der Waals surface area contributed by atoms with Crippen LogP contribution >= 0.6 is 0 Å². The van der Waals surface area contributed by atoms with Gasteiger partial charge in [-0.1, -0.05) is 13.8 Å². The van der Waals surface area contributed by atoms with E-state index in [2.05, 4.69) is 11.1 Å². The Hall–Kier alpha value is -3.69. The summed E-state index contributed by atoms with van der Waals surface area (Å²) >= 11 is 0. The number of rotatable bonds is 6. The first kappa shape index (κ1) is 20.1. The maximum atomic E-state index is 13.6. The molecule has 6 heteroatoms. The number of nitriles is 3. The lowest BCUT2D eigenvalue weighted by atomic mass is 9.86. The molecule has 1 fully saturated rings. The highest BCUT2D eigenvalue weighted by Gasteiger charge is 2.30. The normalized spacial score (nSPS) is 12.8. The number of carbonyl (C=O) groups excluding carboxylic acids is 1. The first-order valence-electron chi connectivity index (χ1n) is 9.54. The van der Waals surface area contributed by atoms with Gasteiger partial charge in [0.05, 0.1) is 35.8 Å². The standard InChI is InChI=1S/C23H20N4O2/c1-13(2)20-21(22(28)17-8-15(11-25)7-16(9-17)12-26)18(10-14-3-4-14)19(5-6-24)27-23(20)29/h7-9,13-14H,3-5,10H2,1-2H3,(H,27,29). The molecule has 0 bridgehead atoms. The minimum Gasteiger partial charge on any atom is -0.325 e. The summed E-state index contributed by atoms with van der Waals surface area (Å²) in [6, 6.07) is 10.3. The lowest BCUT2D eigenvalue weighted by Crippen LogP contribution is -2.25. The average Bonchev–Trinajstić information content (AvgIpc) is 3.52. The molecule has 1 aliphatic carbocycles. The largest absolute Gasteiger partial charge is 0.325 e. The van der Waals surface area contributed by atoms with Crippen LogP contribution in [0.25, 0.3) is 0 Å². The Kier molecular flexibility index (Phi) is 5.62. The summed E-state index contributed by atoms with van der Waals surface area (Å²) in [6.45, 7) is 3.69. The number of nitrogens with zero attached hydrogens (tertiary/aromatic N) is 3. The Morgan fingerprint density at radius 3 is 2.24 bits per heavy atom. The quantitative estimate of drug-likeness (QED) is 0.764. The molecule has 0 spiro atoms. The van der Waals surface area contributed by atoms with E-state index >= 15 is 0 Å². The molecule has 0 amide bonds. The van der Waals surface area contributed by atoms with Crippen LogP contribution in [0.15, 0.2) is 23.0 Å². The Morgan fingerprint density at radius 1 is 1.14 bits per heavy atom. The minimum atomic E-state index is -0.386. The maximum absolute atomic E-state index is 13.6. The Balaban J connectivity index is 2.30. The van der Waals surface area contributed by atoms with Crippen LogP contribution in [0.5, 0.6) is 0 Å². The second-order valence-corrected chi connectivity index (χ2v) is 7.69. The zero-order valence-corrected chi connectivity index (χ0v) is 16.4. The summed E-state index contributed by atoms with van der Waals surface area (Å²) in [7, 11) is 0. The van der Waals surface area contributed by atoms with Crippen molar-refractivity contribution in [1.29, 1.82) is 15.8 Å². The van der Waals surface area contributed by atoms with Crippen LogP contribution in [0, 0.1) is 39.9 Å². The van der Waals surface area contributed by atoms with Gasteiger partial charge in [-0.3, -0.25) is 9.59 Å². The van der Waals surface area contributed by atoms with E-state index in [9.17, 15) is 25.4 Å². The smallest absolute Gasteiger partial charge is 0.252 e. The number of hydrogen-bond donors (Lipinski definition) is 1. The van der Waals surface area contributed by atoms with Crippen molar-refractivity contribution >= 4 is 5.78 Å². The fourth-order valence-electron chi connectivity index (χ4n) is 3.62. The van der Waals surface area contributed by atoms with Gasteiger partial charge in [0.15, 0.2) is 5.78 Å². The second kappa shape index (κ2) is 8.13. The van der Waals surface area contributed by atoms with Crippen molar-refractivity contribution in [3.63, 3.8) is 0 Å². The van der Waals surface area contributed by atoms with Crippen LogP contribution in [0.2, 0.25) is 0 Å². The maximum Gasteiger partial charge on any atom is 0.252 e. The van der Waals surface area contributed by atoms with Crippen LogP contribution in [-0.2, 0) is 12.8 Å². The van der Waals surface area contributed by atoms with Crippen molar-refractivity contribution in [2.75, 3.05) is 0 Å². The van der Waals surface area contributed by atoms with Crippen molar-refractivity contribution < 1.29 is 4.79 Å². The third-order valence-electron chi connectivity index (χ3n) is 5.15. The van der Waals surface area contributed by atoms with E-state index in [-0.39, 0.29) is 40.4 Å². The van der Waals surface area contributed by atoms with Crippen LogP contribution in [0.4, 0.5) is 0 Å². The summed E-state index contributed by atoms with van der Waals surface area (Å²) in [5.74, 6) is -0.158. The number of pyridine rings is 1. The van der Waals surface area contributed by atoms with Gasteiger partial charge in [-0.05, 0) is 54.9 Å². The van der Waals surface area contributed by atoms with E-state index in [1.165, 1.54) is 18.2 Å². The molecule has 0 saturated heterocycles. The predicted molar refractivity (Wildman–Crippen MR) is 106 cm³/mol. The fourth-order valence-corrected chi connectivity index (χ4v) is 3.62. The number of hydrogen-bond acceptors (Lipinski definition) is 5. The Morgan fingerprint density at radius 2 is 1.76 bits per heavy atom. The molecular weight excluding hydrogens is 364 g/mol. The van der Waals surface area contributed by atoms with E-state index < -0.39 is 0 Å². The number of ketones is 1. The van der Waals surface area contributed by atoms with E-state index in [0.717, 1.165) is 12.8 Å². The summed E-state index contributed by atoms with van der Waals surface area (Å²) in [5.41, 5.74) is 2.15. The van der Waals surface area contributed by atoms with Gasteiger partial charge < -0.3 is 4.98 Å². The topological polar surface area (TPSA) is 121 Å². The van der Waals surface area contributed by atoms with Gasteiger partial charge >= 0.3 is 0 Å². The second-order valence-electron chi connectivity index (χ2n) is 7.69. The molecule has 1 aromatic carbocycles. The first-order valence-corrected chi connectivity index (χ1v) is 9.54. The van der Waals surface area contributed by atoms with Crippen molar-refractivity contribution in [3.8, 4) is 18.2 Å². The lowest BCUT2D eigenvalue weighted by Gasteiger charge is -2.19. The van der Waals surface area contributed by atoms with Gasteiger partial charge in [-0.25, -0.2) is 0 Å². The molecule has 1 N–H and O–H groups in total. The van der Waals surface area contributed by atoms with Gasteiger partial charge in [0.2, 0.25) is 0 Å². The number of nitrogens with one attached hydrogen (secondary N) is 1. The van der Waals surface area contributed by atoms with Crippen molar-refractivity contribution in [2.45, 2.75) is 45.4 Å². The summed E-state index contributed by atoms with van der Waals surface area (Å²) in [5, 5.41) is 27.7. The molecule has 2 aromatic rings. The van der Waals surface area contributed by atoms with Crippen molar-refractivity contribution in [2.24, 2.45) is 5.92 Å². The van der Waals surface area contributed by atoms with Gasteiger partial charge in [-0.15, -0.1) is 0 Å². The highest BCUT2D eigenvalue weighted by Crippen LogP contribution is 2.36. The molecule has 6 nitrogen and oxygen atoms in total. The highest BCUT2D eigenvalue weighted by molar-refractivity contribution is 6.11. The van der Waals surface area contributed by atoms with E-state index in [1.54, 1.807) is 0 Å². The molecule has 0 unspecified atom stereocenters. The number of aromatic nitrogens is 1. The fraction of sp³-hybridized carbons (Fsp3) is 0.348. The molecule has 29 heavy (non-hydrogen) atoms. The lowest BCUT2D eigenvalue weighted by molar-refractivity contribution is 0.103. The number of H-pyrrole nitrogens is 1. The van der Waals surface area contributed by atoms with Gasteiger partial charge in [0.1, 0.15) is 0 Å². The zero-order valence-electron chi connectivity index (χ0n) is 16.4. The molecule has 0 radical (unpaired) electrons. The number of carbonyl (C=O) groups is 1. The van der Waals surface area contributed by atoms with Gasteiger partial charge in [0, 0.05) is 22.4 Å². The van der Waals surface area contributed by atoms with Crippen molar-refractivity contribution in [1.82, 2.24) is 4.98 Å². The first-order chi connectivity index (χ1) is 13.9. The molecule has 0 atom stereocenters. The van der Waals surface area contributed by atoms with Crippen LogP contribution in [0.3, 0.4) is 0 Å². The molecule has 0 aliphatic heterocycles. The van der Waals surface area contributed by atoms with E-state index in [1.807, 2.05) is 26.0 Å². The third kappa shape index (κ3) is 4.10. The van der Waals surface area contributed by atoms with Crippen LogP contribution < -0.4 is 5.56 Å². The molecule has 1 saturated carbocycles. The minimum absolute atomic E-state index is 0.0115. The summed E-state index contributed by atoms with van der Waals surface area (Å²) in [6.07, 6.45) is 2.74. The van der Waals surface area contributed by atoms with Gasteiger partial charge in [0.25, 0.3) is 5.56 Å². The highest BCUT2D eigenvalue weighted by atomic mass is 16.1. The number of benzene rings is 1. The molecular formula is C23H20N4O2. The predicted octanol–water partition coefficient (Wildman–Crippen LogP) is 3.49. The third-order valence-corrected chi connectivity index (χ3v) is 5.15. The molecule has 144 valence electrons.